The van der Waals surface area contributed by atoms with E-state index in [9.17, 15) is 0 Å². The first kappa shape index (κ1) is 13.6. The molecule has 1 aliphatic rings. The molecule has 3 heteroatoms. The van der Waals surface area contributed by atoms with Crippen LogP contribution in [0.2, 0.25) is 5.02 Å². The summed E-state index contributed by atoms with van der Waals surface area (Å²) in [6, 6.07) is 12.1. The van der Waals surface area contributed by atoms with Crippen LogP contribution in [0.4, 0.5) is 0 Å². The van der Waals surface area contributed by atoms with Crippen LogP contribution in [0, 0.1) is 0 Å². The molecule has 1 heterocycles. The fourth-order valence-electron chi connectivity index (χ4n) is 3.20. The lowest BCUT2D eigenvalue weighted by molar-refractivity contribution is 0.341. The lowest BCUT2D eigenvalue weighted by Crippen LogP contribution is -2.41. The van der Waals surface area contributed by atoms with Crippen LogP contribution in [0.25, 0.3) is 0 Å². The van der Waals surface area contributed by atoms with Crippen molar-refractivity contribution in [2.24, 2.45) is 5.73 Å². The molecule has 0 amide bonds. The van der Waals surface area contributed by atoms with Crippen LogP contribution in [0.3, 0.4) is 0 Å². The molecular formula is C17H19ClN2. The number of benzene rings is 1. The van der Waals surface area contributed by atoms with E-state index in [1.54, 1.807) is 0 Å². The first-order valence-corrected chi connectivity index (χ1v) is 7.45. The van der Waals surface area contributed by atoms with Crippen LogP contribution in [0.5, 0.6) is 0 Å². The van der Waals surface area contributed by atoms with Gasteiger partial charge in [0.2, 0.25) is 0 Å². The predicted octanol–water partition coefficient (Wildman–Crippen LogP) is 4.03. The van der Waals surface area contributed by atoms with Crippen LogP contribution in [-0.4, -0.2) is 4.98 Å². The van der Waals surface area contributed by atoms with Crippen molar-refractivity contribution in [3.8, 4) is 0 Å². The van der Waals surface area contributed by atoms with Crippen molar-refractivity contribution in [2.45, 2.75) is 37.6 Å². The summed E-state index contributed by atoms with van der Waals surface area (Å²) in [7, 11) is 0. The Hall–Kier alpha value is -1.38. The topological polar surface area (TPSA) is 38.9 Å². The van der Waals surface area contributed by atoms with Gasteiger partial charge in [-0.3, -0.25) is 4.98 Å². The van der Waals surface area contributed by atoms with Gasteiger partial charge in [0, 0.05) is 28.4 Å². The molecule has 2 atom stereocenters. The van der Waals surface area contributed by atoms with Gasteiger partial charge in [-0.25, -0.2) is 0 Å². The van der Waals surface area contributed by atoms with Crippen LogP contribution < -0.4 is 5.73 Å². The number of rotatable bonds is 2. The Morgan fingerprint density at radius 2 is 2.00 bits per heavy atom. The minimum atomic E-state index is -0.423. The fraction of sp³-hybridized carbons (Fsp3) is 0.353. The lowest BCUT2D eigenvalue weighted by atomic mass is 9.72. The molecule has 2 N–H and O–H groups in total. The van der Waals surface area contributed by atoms with Crippen LogP contribution >= 0.6 is 11.6 Å². The third kappa shape index (κ3) is 2.34. The van der Waals surface area contributed by atoms with E-state index in [1.807, 2.05) is 36.5 Å². The maximum absolute atomic E-state index is 6.69. The molecule has 0 saturated heterocycles. The highest BCUT2D eigenvalue weighted by molar-refractivity contribution is 6.30. The van der Waals surface area contributed by atoms with E-state index in [0.29, 0.717) is 0 Å². The van der Waals surface area contributed by atoms with Crippen molar-refractivity contribution in [1.29, 1.82) is 0 Å². The molecule has 0 radical (unpaired) electrons. The Morgan fingerprint density at radius 3 is 2.75 bits per heavy atom. The van der Waals surface area contributed by atoms with E-state index in [0.717, 1.165) is 23.4 Å². The molecule has 0 bridgehead atoms. The van der Waals surface area contributed by atoms with E-state index in [1.165, 1.54) is 17.7 Å². The average Bonchev–Trinajstić information content (AvgIpc) is 2.47. The fourth-order valence-corrected chi connectivity index (χ4v) is 3.33. The third-order valence-electron chi connectivity index (χ3n) is 4.39. The molecule has 1 aliphatic carbocycles. The largest absolute Gasteiger partial charge is 0.321 e. The van der Waals surface area contributed by atoms with Crippen molar-refractivity contribution in [1.82, 2.24) is 4.98 Å². The van der Waals surface area contributed by atoms with Gasteiger partial charge >= 0.3 is 0 Å². The summed E-state index contributed by atoms with van der Waals surface area (Å²) in [6.45, 7) is 2.10. The number of nitrogens with zero attached hydrogens (tertiary/aromatic N) is 1. The van der Waals surface area contributed by atoms with Crippen LogP contribution in [-0.2, 0) is 12.0 Å². The smallest absolute Gasteiger partial charge is 0.0488 e. The molecule has 0 fully saturated rings. The van der Waals surface area contributed by atoms with Crippen LogP contribution in [0.1, 0.15) is 42.5 Å². The van der Waals surface area contributed by atoms with Gasteiger partial charge < -0.3 is 5.73 Å². The van der Waals surface area contributed by atoms with E-state index >= 15 is 0 Å². The van der Waals surface area contributed by atoms with E-state index < -0.39 is 5.54 Å². The van der Waals surface area contributed by atoms with Gasteiger partial charge in [0.05, 0.1) is 0 Å². The molecular weight excluding hydrogens is 268 g/mol. The average molecular weight is 287 g/mol. The van der Waals surface area contributed by atoms with Crippen molar-refractivity contribution >= 4 is 11.6 Å². The Bertz CT molecular complexity index is 605. The summed E-state index contributed by atoms with van der Waals surface area (Å²) in [5.74, 6) is 0.258. The van der Waals surface area contributed by atoms with Crippen molar-refractivity contribution < 1.29 is 0 Å². The zero-order valence-corrected chi connectivity index (χ0v) is 12.4. The Balaban J connectivity index is 2.02. The first-order valence-electron chi connectivity index (χ1n) is 7.08. The summed E-state index contributed by atoms with van der Waals surface area (Å²) in [5.41, 5.74) is 9.90. The summed E-state index contributed by atoms with van der Waals surface area (Å²) >= 11 is 5.98. The van der Waals surface area contributed by atoms with Crippen molar-refractivity contribution in [2.75, 3.05) is 0 Å². The van der Waals surface area contributed by atoms with Gasteiger partial charge in [-0.2, -0.15) is 0 Å². The highest BCUT2D eigenvalue weighted by Crippen LogP contribution is 2.41. The number of aromatic nitrogens is 1. The number of nitrogens with two attached hydrogens (primary N) is 1. The maximum atomic E-state index is 6.69. The molecule has 1 aromatic carbocycles. The Kier molecular flexibility index (Phi) is 3.53. The zero-order chi connectivity index (χ0) is 14.2. The zero-order valence-electron chi connectivity index (χ0n) is 11.6. The lowest BCUT2D eigenvalue weighted by Gasteiger charge is -2.37. The maximum Gasteiger partial charge on any atom is 0.0488 e. The molecule has 104 valence electrons. The molecule has 3 rings (SSSR count). The quantitative estimate of drug-likeness (QED) is 0.905. The summed E-state index contributed by atoms with van der Waals surface area (Å²) in [4.78, 5) is 4.60. The molecule has 20 heavy (non-hydrogen) atoms. The summed E-state index contributed by atoms with van der Waals surface area (Å²) < 4.78 is 0. The number of fused-ring (bicyclic) bond motifs is 1. The number of pyridine rings is 1. The highest BCUT2D eigenvalue weighted by Gasteiger charge is 2.36. The van der Waals surface area contributed by atoms with Crippen molar-refractivity contribution in [3.05, 3.63) is 64.4 Å². The minimum absolute atomic E-state index is 0.258. The molecule has 0 aliphatic heterocycles. The normalized spacial score (nSPS) is 21.1. The number of aryl methyl sites for hydroxylation is 1. The molecule has 0 saturated carbocycles. The van der Waals surface area contributed by atoms with Gasteiger partial charge in [-0.05, 0) is 55.5 Å². The minimum Gasteiger partial charge on any atom is -0.321 e. The monoisotopic (exact) mass is 286 g/mol. The van der Waals surface area contributed by atoms with Gasteiger partial charge in [-0.15, -0.1) is 0 Å². The van der Waals surface area contributed by atoms with Crippen LogP contribution in [0.15, 0.2) is 42.6 Å². The summed E-state index contributed by atoms with van der Waals surface area (Å²) in [5, 5.41) is 0.742. The van der Waals surface area contributed by atoms with E-state index in [4.69, 9.17) is 17.3 Å². The van der Waals surface area contributed by atoms with Gasteiger partial charge in [0.25, 0.3) is 0 Å². The first-order chi connectivity index (χ1) is 9.59. The molecule has 0 spiro atoms. The standard InChI is InChI=1S/C17H19ClN2/c1-17(19,13-7-9-14(18)10-8-13)15-6-2-4-12-5-3-11-20-16(12)15/h3,5,7-11,15H,2,4,6,19H2,1H3. The van der Waals surface area contributed by atoms with Crippen molar-refractivity contribution in [3.63, 3.8) is 0 Å². The second-order valence-corrected chi connectivity index (χ2v) is 6.22. The summed E-state index contributed by atoms with van der Waals surface area (Å²) in [6.07, 6.45) is 5.23. The Labute approximate surface area is 125 Å². The van der Waals surface area contributed by atoms with Gasteiger partial charge in [0.15, 0.2) is 0 Å². The van der Waals surface area contributed by atoms with Gasteiger partial charge in [-0.1, -0.05) is 29.8 Å². The molecule has 2 unspecified atom stereocenters. The highest BCUT2D eigenvalue weighted by atomic mass is 35.5. The molecule has 2 aromatic rings. The molecule has 2 nitrogen and oxygen atoms in total. The Morgan fingerprint density at radius 1 is 1.25 bits per heavy atom. The second-order valence-electron chi connectivity index (χ2n) is 5.78. The number of halogens is 1. The van der Waals surface area contributed by atoms with Gasteiger partial charge in [0.1, 0.15) is 0 Å². The molecule has 1 aromatic heterocycles. The van der Waals surface area contributed by atoms with E-state index in [2.05, 4.69) is 18.0 Å². The van der Waals surface area contributed by atoms with E-state index in [-0.39, 0.29) is 5.92 Å². The SMILES string of the molecule is CC(N)(c1ccc(Cl)cc1)C1CCCc2cccnc21. The second kappa shape index (κ2) is 5.19. The number of hydrogen-bond donors (Lipinski definition) is 1. The predicted molar refractivity (Wildman–Crippen MR) is 82.9 cm³/mol. The number of hydrogen-bond acceptors (Lipinski definition) is 2. The third-order valence-corrected chi connectivity index (χ3v) is 4.64.